The zero-order chi connectivity index (χ0) is 23.8. The second-order valence-corrected chi connectivity index (χ2v) is 8.91. The molecule has 0 bridgehead atoms. The van der Waals surface area contributed by atoms with E-state index in [1.165, 1.54) is 11.8 Å². The van der Waals surface area contributed by atoms with E-state index in [-0.39, 0.29) is 5.91 Å². The van der Waals surface area contributed by atoms with E-state index in [0.29, 0.717) is 40.5 Å². The van der Waals surface area contributed by atoms with Crippen LogP contribution in [0.25, 0.3) is 11.4 Å². The molecular formula is C23H27ClN4O4S. The van der Waals surface area contributed by atoms with Gasteiger partial charge >= 0.3 is 0 Å². The average Bonchev–Trinajstić information content (AvgIpc) is 3.21. The predicted octanol–water partition coefficient (Wildman–Crippen LogP) is 4.77. The number of amides is 1. The highest BCUT2D eigenvalue weighted by atomic mass is 35.5. The van der Waals surface area contributed by atoms with Crippen LogP contribution in [-0.4, -0.2) is 53.9 Å². The van der Waals surface area contributed by atoms with E-state index in [2.05, 4.69) is 15.5 Å². The molecule has 176 valence electrons. The van der Waals surface area contributed by atoms with Crippen molar-refractivity contribution >= 4 is 35.0 Å². The number of aromatic nitrogens is 3. The Morgan fingerprint density at radius 1 is 1.09 bits per heavy atom. The number of nitrogens with one attached hydrogen (secondary N) is 1. The van der Waals surface area contributed by atoms with Gasteiger partial charge in [-0.1, -0.05) is 23.4 Å². The Hall–Kier alpha value is -2.75. The molecule has 0 aliphatic carbocycles. The molecule has 1 amide bonds. The van der Waals surface area contributed by atoms with E-state index in [1.807, 2.05) is 35.8 Å². The van der Waals surface area contributed by atoms with Gasteiger partial charge in [-0.05, 0) is 37.6 Å². The number of thioether (sulfide) groups is 1. The van der Waals surface area contributed by atoms with Gasteiger partial charge in [0.1, 0.15) is 11.5 Å². The van der Waals surface area contributed by atoms with E-state index in [1.54, 1.807) is 39.5 Å². The summed E-state index contributed by atoms with van der Waals surface area (Å²) >= 11 is 7.37. The van der Waals surface area contributed by atoms with Crippen LogP contribution in [0.3, 0.4) is 0 Å². The number of nitrogens with zero attached hydrogens (tertiary/aromatic N) is 3. The number of anilines is 1. The summed E-state index contributed by atoms with van der Waals surface area (Å²) in [5, 5.41) is 12.5. The van der Waals surface area contributed by atoms with Crippen LogP contribution in [0.2, 0.25) is 5.02 Å². The Morgan fingerprint density at radius 2 is 1.76 bits per heavy atom. The number of hydrogen-bond donors (Lipinski definition) is 1. The lowest BCUT2D eigenvalue weighted by molar-refractivity contribution is -0.115. The van der Waals surface area contributed by atoms with Gasteiger partial charge in [-0.25, -0.2) is 0 Å². The van der Waals surface area contributed by atoms with Gasteiger partial charge in [0.2, 0.25) is 5.91 Å². The minimum Gasteiger partial charge on any atom is -0.497 e. The zero-order valence-electron chi connectivity index (χ0n) is 19.0. The number of carbonyl (C=O) groups is 1. The van der Waals surface area contributed by atoms with Crippen molar-refractivity contribution in [3.05, 3.63) is 47.5 Å². The summed E-state index contributed by atoms with van der Waals surface area (Å²) in [4.78, 5) is 12.9. The van der Waals surface area contributed by atoms with Crippen molar-refractivity contribution in [3.8, 4) is 22.9 Å². The van der Waals surface area contributed by atoms with Gasteiger partial charge in [0.15, 0.2) is 11.0 Å². The van der Waals surface area contributed by atoms with E-state index in [0.717, 1.165) is 17.8 Å². The Morgan fingerprint density at radius 3 is 2.36 bits per heavy atom. The van der Waals surface area contributed by atoms with Crippen LogP contribution in [0.4, 0.5) is 5.69 Å². The Bertz CT molecular complexity index is 1050. The van der Waals surface area contributed by atoms with Crippen LogP contribution < -0.4 is 14.8 Å². The fraction of sp³-hybridized carbons (Fsp3) is 0.348. The van der Waals surface area contributed by atoms with Crippen molar-refractivity contribution in [2.45, 2.75) is 30.3 Å². The van der Waals surface area contributed by atoms with Crippen molar-refractivity contribution in [1.29, 1.82) is 0 Å². The van der Waals surface area contributed by atoms with Gasteiger partial charge in [0, 0.05) is 54.7 Å². The van der Waals surface area contributed by atoms with Gasteiger partial charge in [-0.15, -0.1) is 10.2 Å². The molecule has 10 heteroatoms. The number of carbonyl (C=O) groups excluding carboxylic acids is 1. The minimum absolute atomic E-state index is 0.171. The van der Waals surface area contributed by atoms with Crippen LogP contribution in [0.15, 0.2) is 47.6 Å². The van der Waals surface area contributed by atoms with E-state index in [9.17, 15) is 4.79 Å². The molecule has 1 N–H and O–H groups in total. The Labute approximate surface area is 202 Å². The number of benzene rings is 2. The third kappa shape index (κ3) is 6.63. The maximum absolute atomic E-state index is 12.9. The quantitative estimate of drug-likeness (QED) is 0.306. The highest BCUT2D eigenvalue weighted by Gasteiger charge is 2.21. The third-order valence-corrected chi connectivity index (χ3v) is 6.15. The zero-order valence-corrected chi connectivity index (χ0v) is 20.6. The first-order chi connectivity index (χ1) is 15.9. The van der Waals surface area contributed by atoms with Gasteiger partial charge in [0.25, 0.3) is 0 Å². The van der Waals surface area contributed by atoms with Crippen molar-refractivity contribution in [2.24, 2.45) is 0 Å². The lowest BCUT2D eigenvalue weighted by Gasteiger charge is -2.15. The Kier molecular flexibility index (Phi) is 8.99. The van der Waals surface area contributed by atoms with Gasteiger partial charge in [-0.2, -0.15) is 0 Å². The standard InChI is InChI=1S/C23H27ClN4O4S/c1-15(22(29)25-18-12-19(31-3)14-20(13-18)32-4)33-23-27-26-21(28(23)10-5-11-30-2)16-6-8-17(24)9-7-16/h6-9,12-15H,5,10-11H2,1-4H3,(H,25,29)/t15-/m0/s1. The predicted molar refractivity (Wildman–Crippen MR) is 130 cm³/mol. The molecule has 2 aromatic carbocycles. The SMILES string of the molecule is COCCCn1c(S[C@@H](C)C(=O)Nc2cc(OC)cc(OC)c2)nnc1-c1ccc(Cl)cc1. The molecule has 1 atom stereocenters. The molecule has 0 aliphatic heterocycles. The summed E-state index contributed by atoms with van der Waals surface area (Å²) in [6.07, 6.45) is 0.785. The highest BCUT2D eigenvalue weighted by molar-refractivity contribution is 8.00. The molecule has 0 spiro atoms. The fourth-order valence-electron chi connectivity index (χ4n) is 3.09. The van der Waals surface area contributed by atoms with Gasteiger partial charge in [-0.3, -0.25) is 4.79 Å². The van der Waals surface area contributed by atoms with Crippen LogP contribution in [0.1, 0.15) is 13.3 Å². The summed E-state index contributed by atoms with van der Waals surface area (Å²) in [6.45, 7) is 3.09. The van der Waals surface area contributed by atoms with Crippen molar-refractivity contribution in [1.82, 2.24) is 14.8 Å². The molecule has 0 fully saturated rings. The number of methoxy groups -OCH3 is 3. The fourth-order valence-corrected chi connectivity index (χ4v) is 4.09. The molecule has 0 radical (unpaired) electrons. The number of hydrogen-bond acceptors (Lipinski definition) is 7. The monoisotopic (exact) mass is 490 g/mol. The van der Waals surface area contributed by atoms with Crippen molar-refractivity contribution in [2.75, 3.05) is 33.3 Å². The van der Waals surface area contributed by atoms with Crippen molar-refractivity contribution < 1.29 is 19.0 Å². The smallest absolute Gasteiger partial charge is 0.237 e. The molecular weight excluding hydrogens is 464 g/mol. The summed E-state index contributed by atoms with van der Waals surface area (Å²) < 4.78 is 17.8. The normalized spacial score (nSPS) is 11.8. The molecule has 1 aromatic heterocycles. The average molecular weight is 491 g/mol. The van der Waals surface area contributed by atoms with Crippen LogP contribution >= 0.6 is 23.4 Å². The summed E-state index contributed by atoms with van der Waals surface area (Å²) in [6, 6.07) is 12.7. The third-order valence-electron chi connectivity index (χ3n) is 4.82. The lowest BCUT2D eigenvalue weighted by Crippen LogP contribution is -2.23. The Balaban J connectivity index is 1.78. The van der Waals surface area contributed by atoms with Crippen LogP contribution in [0, 0.1) is 0 Å². The second-order valence-electron chi connectivity index (χ2n) is 7.16. The maximum atomic E-state index is 12.9. The molecule has 1 heterocycles. The maximum Gasteiger partial charge on any atom is 0.237 e. The van der Waals surface area contributed by atoms with E-state index < -0.39 is 5.25 Å². The van der Waals surface area contributed by atoms with Gasteiger partial charge < -0.3 is 24.1 Å². The molecule has 3 aromatic rings. The molecule has 33 heavy (non-hydrogen) atoms. The van der Waals surface area contributed by atoms with Crippen LogP contribution in [-0.2, 0) is 16.1 Å². The topological polar surface area (TPSA) is 87.5 Å². The van der Waals surface area contributed by atoms with E-state index in [4.69, 9.17) is 25.8 Å². The minimum atomic E-state index is -0.425. The summed E-state index contributed by atoms with van der Waals surface area (Å²) in [5.41, 5.74) is 1.49. The largest absolute Gasteiger partial charge is 0.497 e. The number of rotatable bonds is 11. The first-order valence-corrected chi connectivity index (χ1v) is 11.6. The summed E-state index contributed by atoms with van der Waals surface area (Å²) in [5.74, 6) is 1.73. The van der Waals surface area contributed by atoms with Crippen molar-refractivity contribution in [3.63, 3.8) is 0 Å². The number of ether oxygens (including phenoxy) is 3. The highest BCUT2D eigenvalue weighted by Crippen LogP contribution is 2.30. The number of halogens is 1. The first-order valence-electron chi connectivity index (χ1n) is 10.3. The van der Waals surface area contributed by atoms with Crippen LogP contribution in [0.5, 0.6) is 11.5 Å². The second kappa shape index (κ2) is 11.9. The molecule has 0 saturated heterocycles. The molecule has 0 saturated carbocycles. The first kappa shape index (κ1) is 24.9. The van der Waals surface area contributed by atoms with Gasteiger partial charge in [0.05, 0.1) is 19.5 Å². The molecule has 0 unspecified atom stereocenters. The molecule has 8 nitrogen and oxygen atoms in total. The van der Waals surface area contributed by atoms with E-state index >= 15 is 0 Å². The molecule has 0 aliphatic rings. The lowest BCUT2D eigenvalue weighted by atomic mass is 10.2. The summed E-state index contributed by atoms with van der Waals surface area (Å²) in [7, 11) is 4.79. The molecule has 3 rings (SSSR count).